The summed E-state index contributed by atoms with van der Waals surface area (Å²) in [5.41, 5.74) is -0.0666. The largest absolute Gasteiger partial charge is 0.388 e. The fourth-order valence-electron chi connectivity index (χ4n) is 2.50. The topological polar surface area (TPSA) is 164 Å². The molecule has 0 bridgehead atoms. The van der Waals surface area contributed by atoms with E-state index in [1.165, 1.54) is 19.1 Å². The lowest BCUT2D eigenvalue weighted by molar-refractivity contribution is -0.383. The van der Waals surface area contributed by atoms with E-state index in [1.54, 1.807) is 0 Å². The van der Waals surface area contributed by atoms with Crippen LogP contribution in [0.1, 0.15) is 6.92 Å². The summed E-state index contributed by atoms with van der Waals surface area (Å²) in [5.74, 6) is 0. The fraction of sp³-hybridized carbons (Fsp3) is 0.500. The molecule has 0 radical (unpaired) electrons. The number of fused-ring (bicyclic) bond motifs is 1. The number of hydrogen-bond donors (Lipinski definition) is 4. The van der Waals surface area contributed by atoms with E-state index >= 15 is 0 Å². The second-order valence-corrected chi connectivity index (χ2v) is 5.23. The van der Waals surface area contributed by atoms with E-state index in [0.717, 1.165) is 0 Å². The van der Waals surface area contributed by atoms with Gasteiger partial charge >= 0.3 is 5.69 Å². The summed E-state index contributed by atoms with van der Waals surface area (Å²) in [6.45, 7) is 1.51. The highest BCUT2D eigenvalue weighted by Gasteiger charge is 2.42. The lowest BCUT2D eigenvalue weighted by Gasteiger charge is -2.40. The molecular formula is C12H14N4O7. The van der Waals surface area contributed by atoms with Gasteiger partial charge in [0.15, 0.2) is 11.8 Å². The van der Waals surface area contributed by atoms with E-state index in [0.29, 0.717) is 0 Å². The van der Waals surface area contributed by atoms with Crippen molar-refractivity contribution in [2.75, 3.05) is 5.32 Å². The molecule has 11 heteroatoms. The Morgan fingerprint density at radius 2 is 1.91 bits per heavy atom. The van der Waals surface area contributed by atoms with Gasteiger partial charge in [-0.1, -0.05) is 0 Å². The van der Waals surface area contributed by atoms with Crippen molar-refractivity contribution in [1.82, 2.24) is 10.3 Å². The van der Waals surface area contributed by atoms with Crippen LogP contribution < -0.4 is 5.32 Å². The van der Waals surface area contributed by atoms with Gasteiger partial charge in [-0.2, -0.15) is 0 Å². The number of ether oxygens (including phenoxy) is 1. The van der Waals surface area contributed by atoms with Crippen molar-refractivity contribution in [2.45, 2.75) is 37.6 Å². The summed E-state index contributed by atoms with van der Waals surface area (Å²) in [4.78, 5) is 10.3. The molecule has 3 unspecified atom stereocenters. The lowest BCUT2D eigenvalue weighted by atomic mass is 9.97. The summed E-state index contributed by atoms with van der Waals surface area (Å²) < 4.78 is 9.65. The normalized spacial score (nSPS) is 31.2. The minimum atomic E-state index is -1.39. The highest BCUT2D eigenvalue weighted by atomic mass is 16.6. The van der Waals surface area contributed by atoms with Crippen molar-refractivity contribution < 1.29 is 29.6 Å². The Morgan fingerprint density at radius 1 is 1.22 bits per heavy atom. The van der Waals surface area contributed by atoms with Crippen LogP contribution in [0.15, 0.2) is 16.8 Å². The fourth-order valence-corrected chi connectivity index (χ4v) is 2.50. The van der Waals surface area contributed by atoms with Crippen LogP contribution in [0.3, 0.4) is 0 Å². The van der Waals surface area contributed by atoms with Gasteiger partial charge in [0.2, 0.25) is 5.52 Å². The number of aromatic nitrogens is 2. The number of nitro benzene ring substituents is 1. The van der Waals surface area contributed by atoms with Crippen LogP contribution >= 0.6 is 0 Å². The average Bonchev–Trinajstić information content (AvgIpc) is 2.98. The molecule has 1 aliphatic rings. The first-order chi connectivity index (χ1) is 10.9. The van der Waals surface area contributed by atoms with Gasteiger partial charge in [0, 0.05) is 6.07 Å². The van der Waals surface area contributed by atoms with Crippen LogP contribution in [0.4, 0.5) is 11.4 Å². The van der Waals surface area contributed by atoms with E-state index in [9.17, 15) is 25.4 Å². The number of anilines is 1. The molecule has 2 heterocycles. The molecular weight excluding hydrogens is 312 g/mol. The molecule has 4 N–H and O–H groups in total. The van der Waals surface area contributed by atoms with Gasteiger partial charge < -0.3 is 25.4 Å². The Hall–Kier alpha value is -2.34. The first-order valence-corrected chi connectivity index (χ1v) is 6.76. The third kappa shape index (κ3) is 2.59. The van der Waals surface area contributed by atoms with Gasteiger partial charge in [-0.25, -0.2) is 4.63 Å². The summed E-state index contributed by atoms with van der Waals surface area (Å²) in [6, 6.07) is 1.47. The van der Waals surface area contributed by atoms with Crippen molar-refractivity contribution >= 4 is 22.4 Å². The number of hydrogen-bond acceptors (Lipinski definition) is 10. The van der Waals surface area contributed by atoms with Crippen molar-refractivity contribution in [1.29, 1.82) is 0 Å². The third-order valence-electron chi connectivity index (χ3n) is 3.77. The van der Waals surface area contributed by atoms with Crippen LogP contribution in [0.5, 0.6) is 0 Å². The average molecular weight is 326 g/mol. The zero-order valence-corrected chi connectivity index (χ0v) is 11.9. The van der Waals surface area contributed by atoms with Crippen LogP contribution in [0, 0.1) is 10.1 Å². The predicted octanol–water partition coefficient (Wildman–Crippen LogP) is -0.630. The Morgan fingerprint density at radius 3 is 2.61 bits per heavy atom. The quantitative estimate of drug-likeness (QED) is 0.421. The molecule has 1 aromatic heterocycles. The zero-order valence-electron chi connectivity index (χ0n) is 11.9. The maximum absolute atomic E-state index is 10.9. The second kappa shape index (κ2) is 5.70. The van der Waals surface area contributed by atoms with Crippen molar-refractivity contribution in [3.8, 4) is 0 Å². The monoisotopic (exact) mass is 326 g/mol. The number of benzene rings is 1. The van der Waals surface area contributed by atoms with Gasteiger partial charge in [-0.3, -0.25) is 10.1 Å². The van der Waals surface area contributed by atoms with E-state index in [2.05, 4.69) is 20.3 Å². The molecule has 0 spiro atoms. The molecule has 23 heavy (non-hydrogen) atoms. The van der Waals surface area contributed by atoms with Crippen LogP contribution in [0.25, 0.3) is 11.0 Å². The van der Waals surface area contributed by atoms with Gasteiger partial charge in [0.1, 0.15) is 18.2 Å². The number of aliphatic hydroxyl groups is 3. The second-order valence-electron chi connectivity index (χ2n) is 5.23. The molecule has 1 fully saturated rings. The third-order valence-corrected chi connectivity index (χ3v) is 3.77. The Bertz CT molecular complexity index is 735. The molecule has 0 amide bonds. The Kier molecular flexibility index (Phi) is 3.85. The summed E-state index contributed by atoms with van der Waals surface area (Å²) in [6.07, 6.45) is -4.67. The number of nitrogens with zero attached hydrogens (tertiary/aromatic N) is 3. The van der Waals surface area contributed by atoms with Crippen LogP contribution in [-0.4, -0.2) is 61.2 Å². The van der Waals surface area contributed by atoms with Gasteiger partial charge in [-0.15, -0.1) is 0 Å². The molecule has 11 nitrogen and oxygen atoms in total. The standard InChI is InChI=1S/C12H14N4O7/c1-4-10(17)11(18)9(12(19)22-4)13-5-2-3-6(16(20)21)8-7(5)14-23-15-8/h2-4,9-13,17-19H,1H3/t4?,9?,10-,11+,12?/m0/s1. The maximum Gasteiger partial charge on any atom is 0.300 e. The molecule has 0 aliphatic carbocycles. The Labute approximate surface area is 128 Å². The summed E-state index contributed by atoms with van der Waals surface area (Å²) in [7, 11) is 0. The van der Waals surface area contributed by atoms with Crippen molar-refractivity contribution in [3.63, 3.8) is 0 Å². The lowest BCUT2D eigenvalue weighted by Crippen LogP contribution is -2.59. The zero-order chi connectivity index (χ0) is 16.7. The van der Waals surface area contributed by atoms with E-state index in [4.69, 9.17) is 4.74 Å². The molecule has 0 saturated carbocycles. The van der Waals surface area contributed by atoms with Gasteiger partial charge in [0.05, 0.1) is 16.7 Å². The molecule has 5 atom stereocenters. The summed E-state index contributed by atoms with van der Waals surface area (Å²) in [5, 5.41) is 50.6. The molecule has 1 saturated heterocycles. The van der Waals surface area contributed by atoms with Crippen molar-refractivity contribution in [3.05, 3.63) is 22.2 Å². The molecule has 1 aromatic carbocycles. The minimum absolute atomic E-state index is 0.0618. The van der Waals surface area contributed by atoms with E-state index in [-0.39, 0.29) is 22.4 Å². The highest BCUT2D eigenvalue weighted by molar-refractivity contribution is 5.93. The SMILES string of the molecule is CC1OC(O)C(Nc2ccc([N+](=O)[O-])c3nonc23)[C@@H](O)[C@H]1O. The van der Waals surface area contributed by atoms with Gasteiger partial charge in [0.25, 0.3) is 0 Å². The molecule has 1 aliphatic heterocycles. The van der Waals surface area contributed by atoms with E-state index < -0.39 is 35.6 Å². The Balaban J connectivity index is 1.94. The van der Waals surface area contributed by atoms with Crippen LogP contribution in [0.2, 0.25) is 0 Å². The minimum Gasteiger partial charge on any atom is -0.388 e. The molecule has 124 valence electrons. The number of aliphatic hydroxyl groups excluding tert-OH is 3. The first-order valence-electron chi connectivity index (χ1n) is 6.76. The van der Waals surface area contributed by atoms with Gasteiger partial charge in [-0.05, 0) is 23.3 Å². The number of nitro groups is 1. The first kappa shape index (κ1) is 15.6. The number of rotatable bonds is 3. The number of nitrogens with one attached hydrogen (secondary N) is 1. The van der Waals surface area contributed by atoms with E-state index in [1.807, 2.05) is 0 Å². The van der Waals surface area contributed by atoms with Crippen molar-refractivity contribution in [2.24, 2.45) is 0 Å². The number of non-ortho nitro benzene ring substituents is 1. The summed E-state index contributed by atoms with van der Waals surface area (Å²) >= 11 is 0. The smallest absolute Gasteiger partial charge is 0.300 e. The predicted molar refractivity (Wildman–Crippen MR) is 74.4 cm³/mol. The molecule has 2 aromatic rings. The van der Waals surface area contributed by atoms with Crippen LogP contribution in [-0.2, 0) is 4.74 Å². The highest BCUT2D eigenvalue weighted by Crippen LogP contribution is 2.31. The molecule has 3 rings (SSSR count). The maximum atomic E-state index is 10.9.